The highest BCUT2D eigenvalue weighted by Crippen LogP contribution is 2.32. The zero-order valence-electron chi connectivity index (χ0n) is 13.8. The van der Waals surface area contributed by atoms with E-state index < -0.39 is 0 Å². The number of ether oxygens (including phenoxy) is 1. The van der Waals surface area contributed by atoms with Crippen molar-refractivity contribution in [1.29, 1.82) is 0 Å². The van der Waals surface area contributed by atoms with E-state index >= 15 is 0 Å². The van der Waals surface area contributed by atoms with Gasteiger partial charge in [0.25, 0.3) is 0 Å². The van der Waals surface area contributed by atoms with E-state index in [1.165, 1.54) is 0 Å². The van der Waals surface area contributed by atoms with Crippen LogP contribution in [0.15, 0.2) is 56.2 Å². The Balaban J connectivity index is 1.58. The molecule has 3 aromatic heterocycles. The summed E-state index contributed by atoms with van der Waals surface area (Å²) in [5.41, 5.74) is 0.583. The molecule has 0 bridgehead atoms. The van der Waals surface area contributed by atoms with Crippen molar-refractivity contribution in [3.05, 3.63) is 65.8 Å². The summed E-state index contributed by atoms with van der Waals surface area (Å²) in [6.45, 7) is 2.31. The molecule has 1 N–H and O–H groups in total. The molecule has 0 spiro atoms. The summed E-state index contributed by atoms with van der Waals surface area (Å²) in [6, 6.07) is 9.48. The zero-order chi connectivity index (χ0) is 17.1. The Morgan fingerprint density at radius 3 is 2.16 bits per heavy atom. The third-order valence-electron chi connectivity index (χ3n) is 4.54. The average molecular weight is 344 g/mol. The fourth-order valence-electron chi connectivity index (χ4n) is 3.16. The second-order valence-electron chi connectivity index (χ2n) is 6.35. The van der Waals surface area contributed by atoms with E-state index in [4.69, 9.17) is 18.1 Å². The van der Waals surface area contributed by atoms with Crippen LogP contribution in [0.25, 0.3) is 0 Å². The van der Waals surface area contributed by atoms with Gasteiger partial charge in [0.05, 0.1) is 50.1 Å². The van der Waals surface area contributed by atoms with Crippen LogP contribution in [0.4, 0.5) is 0 Å². The number of aliphatic hydroxyl groups is 1. The van der Waals surface area contributed by atoms with Gasteiger partial charge in [0, 0.05) is 12.5 Å². The van der Waals surface area contributed by atoms with Crippen molar-refractivity contribution >= 4 is 0 Å². The van der Waals surface area contributed by atoms with Crippen molar-refractivity contribution in [2.45, 2.75) is 31.7 Å². The Morgan fingerprint density at radius 1 is 1.04 bits per heavy atom. The van der Waals surface area contributed by atoms with Gasteiger partial charge in [-0.2, -0.15) is 0 Å². The first-order chi connectivity index (χ1) is 12.3. The van der Waals surface area contributed by atoms with Crippen LogP contribution in [-0.4, -0.2) is 33.9 Å². The third-order valence-corrected chi connectivity index (χ3v) is 4.54. The summed E-state index contributed by atoms with van der Waals surface area (Å²) in [4.78, 5) is 2.29. The largest absolute Gasteiger partial charge is 0.468 e. The topological polar surface area (TPSA) is 85.0 Å². The summed E-state index contributed by atoms with van der Waals surface area (Å²) in [5, 5.41) is 13.2. The van der Waals surface area contributed by atoms with Gasteiger partial charge >= 0.3 is 0 Å². The lowest BCUT2D eigenvalue weighted by Crippen LogP contribution is -2.62. The molecule has 0 amide bonds. The summed E-state index contributed by atoms with van der Waals surface area (Å²) in [5.74, 6) is 2.23. The molecule has 0 radical (unpaired) electrons. The summed E-state index contributed by atoms with van der Waals surface area (Å²) in [7, 11) is 0. The van der Waals surface area contributed by atoms with Gasteiger partial charge in [-0.3, -0.25) is 4.90 Å². The second kappa shape index (κ2) is 6.87. The molecule has 0 aromatic carbocycles. The molecule has 1 saturated heterocycles. The molecule has 4 rings (SSSR count). The predicted octanol–water partition coefficient (Wildman–Crippen LogP) is 2.37. The molecule has 0 atom stereocenters. The minimum Gasteiger partial charge on any atom is -0.468 e. The Morgan fingerprint density at radius 2 is 1.72 bits per heavy atom. The van der Waals surface area contributed by atoms with E-state index in [1.807, 2.05) is 24.3 Å². The SMILES string of the molecule is OCc1cc(CC2(N(Cc3ccco3)Cc3ccco3)COC2)no1. The van der Waals surface area contributed by atoms with Crippen LogP contribution in [-0.2, 0) is 30.9 Å². The molecule has 7 nitrogen and oxygen atoms in total. The number of hydrogen-bond donors (Lipinski definition) is 1. The second-order valence-corrected chi connectivity index (χ2v) is 6.35. The Kier molecular flexibility index (Phi) is 4.44. The maximum atomic E-state index is 9.18. The minimum atomic E-state index is -0.219. The molecular weight excluding hydrogens is 324 g/mol. The van der Waals surface area contributed by atoms with Gasteiger partial charge in [-0.1, -0.05) is 5.16 Å². The smallest absolute Gasteiger partial charge is 0.162 e. The normalized spacial score (nSPS) is 16.2. The fraction of sp³-hybridized carbons (Fsp3) is 0.389. The van der Waals surface area contributed by atoms with Gasteiger partial charge in [-0.05, 0) is 24.3 Å². The van der Waals surface area contributed by atoms with Crippen molar-refractivity contribution in [3.63, 3.8) is 0 Å². The van der Waals surface area contributed by atoms with Crippen LogP contribution >= 0.6 is 0 Å². The van der Waals surface area contributed by atoms with Gasteiger partial charge in [0.15, 0.2) is 5.76 Å². The Bertz CT molecular complexity index is 738. The highest BCUT2D eigenvalue weighted by Gasteiger charge is 2.45. The maximum Gasteiger partial charge on any atom is 0.162 e. The lowest BCUT2D eigenvalue weighted by Gasteiger charge is -2.49. The van der Waals surface area contributed by atoms with E-state index in [0.29, 0.717) is 38.5 Å². The van der Waals surface area contributed by atoms with E-state index in [1.54, 1.807) is 18.6 Å². The third kappa shape index (κ3) is 3.39. The molecule has 1 aliphatic rings. The van der Waals surface area contributed by atoms with Gasteiger partial charge < -0.3 is 23.2 Å². The van der Waals surface area contributed by atoms with E-state index in [9.17, 15) is 5.11 Å². The predicted molar refractivity (Wildman–Crippen MR) is 86.3 cm³/mol. The molecule has 7 heteroatoms. The van der Waals surface area contributed by atoms with Crippen LogP contribution in [0.2, 0.25) is 0 Å². The van der Waals surface area contributed by atoms with E-state index in [2.05, 4.69) is 10.1 Å². The van der Waals surface area contributed by atoms with Crippen LogP contribution in [0.5, 0.6) is 0 Å². The number of furan rings is 2. The lowest BCUT2D eigenvalue weighted by atomic mass is 9.88. The molecule has 0 unspecified atom stereocenters. The van der Waals surface area contributed by atoms with Gasteiger partial charge in [0.2, 0.25) is 0 Å². The molecule has 4 heterocycles. The standard InChI is InChI=1S/C18H20N2O5/c21-11-17-7-14(19-25-17)8-18(12-22-13-18)20(9-15-3-1-5-23-15)10-16-4-2-6-24-16/h1-7,21H,8-13H2. The fourth-order valence-corrected chi connectivity index (χ4v) is 3.16. The molecule has 1 aliphatic heterocycles. The zero-order valence-corrected chi connectivity index (χ0v) is 13.8. The minimum absolute atomic E-state index is 0.154. The van der Waals surface area contributed by atoms with E-state index in [0.717, 1.165) is 17.2 Å². The Labute approximate surface area is 144 Å². The highest BCUT2D eigenvalue weighted by molar-refractivity contribution is 5.14. The van der Waals surface area contributed by atoms with Crippen LogP contribution in [0.3, 0.4) is 0 Å². The first-order valence-corrected chi connectivity index (χ1v) is 8.20. The number of nitrogens with zero attached hydrogens (tertiary/aromatic N) is 2. The Hall–Kier alpha value is -2.35. The molecule has 3 aromatic rings. The highest BCUT2D eigenvalue weighted by atomic mass is 16.5. The van der Waals surface area contributed by atoms with Crippen LogP contribution < -0.4 is 0 Å². The van der Waals surface area contributed by atoms with Crippen molar-refractivity contribution in [2.24, 2.45) is 0 Å². The number of hydrogen-bond acceptors (Lipinski definition) is 7. The summed E-state index contributed by atoms with van der Waals surface area (Å²) < 4.78 is 21.8. The first kappa shape index (κ1) is 16.1. The van der Waals surface area contributed by atoms with Gasteiger partial charge in [0.1, 0.15) is 18.1 Å². The first-order valence-electron chi connectivity index (χ1n) is 8.20. The van der Waals surface area contributed by atoms with Crippen molar-refractivity contribution in [3.8, 4) is 0 Å². The van der Waals surface area contributed by atoms with Crippen LogP contribution in [0, 0.1) is 0 Å². The average Bonchev–Trinajstić information content (AvgIpc) is 3.33. The molecular formula is C18H20N2O5. The number of aromatic nitrogens is 1. The summed E-state index contributed by atoms with van der Waals surface area (Å²) in [6.07, 6.45) is 4.02. The van der Waals surface area contributed by atoms with Crippen molar-refractivity contribution < 1.29 is 23.2 Å². The molecule has 25 heavy (non-hydrogen) atoms. The maximum absolute atomic E-state index is 9.18. The molecule has 0 saturated carbocycles. The van der Waals surface area contributed by atoms with Crippen molar-refractivity contribution in [1.82, 2.24) is 10.1 Å². The quantitative estimate of drug-likeness (QED) is 0.671. The lowest BCUT2D eigenvalue weighted by molar-refractivity contribution is -0.150. The molecule has 0 aliphatic carbocycles. The number of rotatable bonds is 8. The van der Waals surface area contributed by atoms with Gasteiger partial charge in [-0.25, -0.2) is 0 Å². The number of aliphatic hydroxyl groups excluding tert-OH is 1. The van der Waals surface area contributed by atoms with Crippen molar-refractivity contribution in [2.75, 3.05) is 13.2 Å². The monoisotopic (exact) mass is 344 g/mol. The molecule has 1 fully saturated rings. The summed E-state index contributed by atoms with van der Waals surface area (Å²) >= 11 is 0. The van der Waals surface area contributed by atoms with E-state index in [-0.39, 0.29) is 12.1 Å². The van der Waals surface area contributed by atoms with Crippen LogP contribution in [0.1, 0.15) is 23.0 Å². The van der Waals surface area contributed by atoms with Gasteiger partial charge in [-0.15, -0.1) is 0 Å². The molecule has 132 valence electrons.